The van der Waals surface area contributed by atoms with Crippen molar-refractivity contribution in [1.82, 2.24) is 15.2 Å². The van der Waals surface area contributed by atoms with Crippen LogP contribution in [-0.2, 0) is 11.3 Å². The molecule has 0 unspecified atom stereocenters. The zero-order valence-electron chi connectivity index (χ0n) is 10.4. The van der Waals surface area contributed by atoms with Crippen LogP contribution in [0.15, 0.2) is 6.20 Å². The molecule has 0 aromatic carbocycles. The van der Waals surface area contributed by atoms with E-state index in [9.17, 15) is 22.8 Å². The van der Waals surface area contributed by atoms with Crippen molar-refractivity contribution in [3.05, 3.63) is 16.1 Å². The van der Waals surface area contributed by atoms with Gasteiger partial charge in [0.05, 0.1) is 6.54 Å². The summed E-state index contributed by atoms with van der Waals surface area (Å²) in [5.74, 6) is -1.52. The quantitative estimate of drug-likeness (QED) is 0.865. The summed E-state index contributed by atoms with van der Waals surface area (Å²) in [5, 5.41) is 11.3. The van der Waals surface area contributed by atoms with E-state index in [1.54, 1.807) is 13.1 Å². The van der Waals surface area contributed by atoms with Gasteiger partial charge in [0.1, 0.15) is 18.1 Å². The molecule has 0 aliphatic rings. The number of aromatic nitrogens is 1. The number of hydrogen-bond acceptors (Lipinski definition) is 4. The van der Waals surface area contributed by atoms with Gasteiger partial charge < -0.3 is 15.3 Å². The van der Waals surface area contributed by atoms with Crippen molar-refractivity contribution in [3.63, 3.8) is 0 Å². The molecule has 10 heteroatoms. The van der Waals surface area contributed by atoms with Crippen LogP contribution in [0.1, 0.15) is 9.88 Å². The Morgan fingerprint density at radius 3 is 2.60 bits per heavy atom. The van der Waals surface area contributed by atoms with Crippen molar-refractivity contribution < 1.29 is 27.9 Å². The molecule has 0 bridgehead atoms. The number of aryl methyl sites for hydroxylation is 1. The van der Waals surface area contributed by atoms with Crippen molar-refractivity contribution in [3.8, 4) is 0 Å². The highest BCUT2D eigenvalue weighted by Gasteiger charge is 2.33. The van der Waals surface area contributed by atoms with Gasteiger partial charge in [-0.3, -0.25) is 4.79 Å². The van der Waals surface area contributed by atoms with Crippen molar-refractivity contribution in [2.75, 3.05) is 13.1 Å². The molecule has 1 aromatic heterocycles. The van der Waals surface area contributed by atoms with E-state index in [0.717, 1.165) is 4.88 Å². The zero-order chi connectivity index (χ0) is 15.3. The van der Waals surface area contributed by atoms with Crippen LogP contribution in [0.2, 0.25) is 0 Å². The summed E-state index contributed by atoms with van der Waals surface area (Å²) >= 11 is 1.29. The lowest BCUT2D eigenvalue weighted by molar-refractivity contribution is -0.148. The smallest absolute Gasteiger partial charge is 0.406 e. The number of carbonyl (C=O) groups is 2. The summed E-state index contributed by atoms with van der Waals surface area (Å²) in [6.45, 7) is -0.904. The molecule has 20 heavy (non-hydrogen) atoms. The molecule has 112 valence electrons. The lowest BCUT2D eigenvalue weighted by Crippen LogP contribution is -2.46. The maximum absolute atomic E-state index is 12.3. The molecule has 0 aliphatic heterocycles. The third-order valence-electron chi connectivity index (χ3n) is 2.04. The van der Waals surface area contributed by atoms with Gasteiger partial charge in [-0.2, -0.15) is 13.2 Å². The molecular formula is C10H12F3N3O3S. The van der Waals surface area contributed by atoms with Gasteiger partial charge in [-0.25, -0.2) is 9.78 Å². The molecule has 1 heterocycles. The van der Waals surface area contributed by atoms with E-state index in [0.29, 0.717) is 5.01 Å². The van der Waals surface area contributed by atoms with Crippen LogP contribution in [0.4, 0.5) is 18.0 Å². The second kappa shape index (κ2) is 6.55. The molecule has 6 nitrogen and oxygen atoms in total. The molecule has 1 aromatic rings. The number of carboxylic acids is 1. The first-order chi connectivity index (χ1) is 9.17. The average molecular weight is 311 g/mol. The van der Waals surface area contributed by atoms with Gasteiger partial charge in [-0.05, 0) is 6.92 Å². The van der Waals surface area contributed by atoms with Crippen LogP contribution < -0.4 is 5.32 Å². The summed E-state index contributed by atoms with van der Waals surface area (Å²) in [6.07, 6.45) is -3.10. The summed E-state index contributed by atoms with van der Waals surface area (Å²) in [6, 6.07) is -1.10. The molecular weight excluding hydrogens is 299 g/mol. The number of halogens is 3. The Hall–Kier alpha value is -1.84. The van der Waals surface area contributed by atoms with E-state index in [-0.39, 0.29) is 11.4 Å². The molecule has 0 saturated carbocycles. The summed E-state index contributed by atoms with van der Waals surface area (Å²) in [4.78, 5) is 27.1. The Morgan fingerprint density at radius 1 is 1.50 bits per heavy atom. The summed E-state index contributed by atoms with van der Waals surface area (Å²) < 4.78 is 36.8. The number of carboxylic acid groups (broad SMARTS) is 1. The maximum Gasteiger partial charge on any atom is 0.406 e. The molecule has 0 saturated heterocycles. The van der Waals surface area contributed by atoms with Gasteiger partial charge in [-0.15, -0.1) is 11.3 Å². The molecule has 0 fully saturated rings. The fourth-order valence-electron chi connectivity index (χ4n) is 1.33. The number of alkyl halides is 3. The van der Waals surface area contributed by atoms with Crippen LogP contribution in [0.5, 0.6) is 0 Å². The summed E-state index contributed by atoms with van der Waals surface area (Å²) in [7, 11) is 0. The SMILES string of the molecule is Cc1cnc(CNC(=O)N(CC(=O)O)CC(F)(F)F)s1. The normalized spacial score (nSPS) is 11.2. The molecule has 0 aliphatic carbocycles. The lowest BCUT2D eigenvalue weighted by atomic mass is 10.4. The van der Waals surface area contributed by atoms with Gasteiger partial charge in [0.2, 0.25) is 0 Å². The Kier molecular flexibility index (Phi) is 5.31. The van der Waals surface area contributed by atoms with Crippen LogP contribution in [-0.4, -0.2) is 46.3 Å². The Bertz CT molecular complexity index is 490. The summed E-state index contributed by atoms with van der Waals surface area (Å²) in [5.41, 5.74) is 0. The number of nitrogens with zero attached hydrogens (tertiary/aromatic N) is 2. The van der Waals surface area contributed by atoms with Gasteiger partial charge >= 0.3 is 18.2 Å². The average Bonchev–Trinajstić information content (AvgIpc) is 2.68. The number of aliphatic carboxylic acids is 1. The number of thiazole rings is 1. The second-order valence-electron chi connectivity index (χ2n) is 3.89. The first-order valence-electron chi connectivity index (χ1n) is 5.40. The number of carbonyl (C=O) groups excluding carboxylic acids is 1. The number of hydrogen-bond donors (Lipinski definition) is 2. The molecule has 1 rings (SSSR count). The van der Waals surface area contributed by atoms with E-state index < -0.39 is 31.3 Å². The van der Waals surface area contributed by atoms with Gasteiger partial charge in [0.25, 0.3) is 0 Å². The monoisotopic (exact) mass is 311 g/mol. The highest BCUT2D eigenvalue weighted by atomic mass is 32.1. The maximum atomic E-state index is 12.3. The number of rotatable bonds is 5. The van der Waals surface area contributed by atoms with E-state index in [1.807, 2.05) is 0 Å². The first kappa shape index (κ1) is 16.2. The van der Waals surface area contributed by atoms with E-state index in [1.165, 1.54) is 11.3 Å². The predicted octanol–water partition coefficient (Wildman–Crippen LogP) is 1.61. The van der Waals surface area contributed by atoms with E-state index in [2.05, 4.69) is 10.3 Å². The van der Waals surface area contributed by atoms with Crippen LogP contribution in [0, 0.1) is 6.92 Å². The molecule has 0 atom stereocenters. The largest absolute Gasteiger partial charge is 0.480 e. The third kappa shape index (κ3) is 5.87. The van der Waals surface area contributed by atoms with Crippen LogP contribution in [0.3, 0.4) is 0 Å². The Balaban J connectivity index is 2.60. The fraction of sp³-hybridized carbons (Fsp3) is 0.500. The van der Waals surface area contributed by atoms with Gasteiger partial charge in [0.15, 0.2) is 0 Å². The molecule has 0 spiro atoms. The standard InChI is InChI=1S/C10H12F3N3O3S/c1-6-2-14-7(20-6)3-15-9(19)16(4-8(17)18)5-10(11,12)13/h2H,3-5H2,1H3,(H,15,19)(H,17,18). The topological polar surface area (TPSA) is 82.5 Å². The Morgan fingerprint density at radius 2 is 2.15 bits per heavy atom. The van der Waals surface area contributed by atoms with Crippen molar-refractivity contribution in [2.24, 2.45) is 0 Å². The third-order valence-corrected chi connectivity index (χ3v) is 2.96. The lowest BCUT2D eigenvalue weighted by Gasteiger charge is -2.22. The molecule has 0 radical (unpaired) electrons. The minimum absolute atomic E-state index is 0.0503. The van der Waals surface area contributed by atoms with Crippen LogP contribution in [0.25, 0.3) is 0 Å². The highest BCUT2D eigenvalue weighted by molar-refractivity contribution is 7.11. The number of nitrogens with one attached hydrogen (secondary N) is 1. The van der Waals surface area contributed by atoms with E-state index in [4.69, 9.17) is 5.11 Å². The number of urea groups is 1. The highest BCUT2D eigenvalue weighted by Crippen LogP contribution is 2.16. The minimum atomic E-state index is -4.66. The van der Waals surface area contributed by atoms with Crippen molar-refractivity contribution in [2.45, 2.75) is 19.6 Å². The predicted molar refractivity (Wildman–Crippen MR) is 64.4 cm³/mol. The number of amides is 2. The fourth-order valence-corrected chi connectivity index (χ4v) is 2.05. The molecule has 2 N–H and O–H groups in total. The second-order valence-corrected chi connectivity index (χ2v) is 5.21. The first-order valence-corrected chi connectivity index (χ1v) is 6.21. The molecule has 2 amide bonds. The van der Waals surface area contributed by atoms with Crippen molar-refractivity contribution in [1.29, 1.82) is 0 Å². The van der Waals surface area contributed by atoms with Gasteiger partial charge in [0, 0.05) is 11.1 Å². The van der Waals surface area contributed by atoms with Crippen molar-refractivity contribution >= 4 is 23.3 Å². The van der Waals surface area contributed by atoms with E-state index >= 15 is 0 Å². The minimum Gasteiger partial charge on any atom is -0.480 e. The van der Waals surface area contributed by atoms with Crippen LogP contribution >= 0.6 is 11.3 Å². The Labute approximate surface area is 116 Å². The van der Waals surface area contributed by atoms with Gasteiger partial charge in [-0.1, -0.05) is 0 Å². The zero-order valence-corrected chi connectivity index (χ0v) is 11.2.